The molecule has 0 atom stereocenters. The van der Waals surface area contributed by atoms with Crippen LogP contribution >= 0.6 is 15.9 Å². The maximum absolute atomic E-state index is 13.4. The first-order valence-corrected chi connectivity index (χ1v) is 6.72. The largest absolute Gasteiger partial charge is 0.274 e. The van der Waals surface area contributed by atoms with Gasteiger partial charge in [-0.3, -0.25) is 4.79 Å². The zero-order valence-corrected chi connectivity index (χ0v) is 12.3. The maximum atomic E-state index is 13.4. The Morgan fingerprint density at radius 1 is 1.15 bits per heavy atom. The normalized spacial score (nSPS) is 11.2. The van der Waals surface area contributed by atoms with E-state index in [2.05, 4.69) is 26.5 Å². The Morgan fingerprint density at radius 3 is 2.45 bits per heavy atom. The van der Waals surface area contributed by atoms with Crippen LogP contribution in [0.25, 0.3) is 0 Å². The summed E-state index contributed by atoms with van der Waals surface area (Å²) in [6, 6.07) is 13.3. The van der Waals surface area contributed by atoms with Gasteiger partial charge in [0, 0.05) is 4.47 Å². The highest BCUT2D eigenvalue weighted by molar-refractivity contribution is 9.10. The quantitative estimate of drug-likeness (QED) is 0.674. The van der Waals surface area contributed by atoms with Crippen LogP contribution < -0.4 is 5.43 Å². The van der Waals surface area contributed by atoms with Crippen LogP contribution in [-0.2, 0) is 0 Å². The summed E-state index contributed by atoms with van der Waals surface area (Å²) < 4.78 is 14.4. The number of hydrogen-bond acceptors (Lipinski definition) is 2. The number of carbonyl (C=O) groups is 1. The molecule has 0 unspecified atom stereocenters. The van der Waals surface area contributed by atoms with Gasteiger partial charge in [0.1, 0.15) is 5.82 Å². The fourth-order valence-corrected chi connectivity index (χ4v) is 1.86. The number of rotatable bonds is 3. The summed E-state index contributed by atoms with van der Waals surface area (Å²) in [5, 5.41) is 3.98. The van der Waals surface area contributed by atoms with Crippen molar-refractivity contribution >= 4 is 27.5 Å². The van der Waals surface area contributed by atoms with Crippen LogP contribution in [0.15, 0.2) is 58.1 Å². The molecule has 5 heteroatoms. The van der Waals surface area contributed by atoms with Gasteiger partial charge >= 0.3 is 0 Å². The molecule has 1 amide bonds. The lowest BCUT2D eigenvalue weighted by molar-refractivity contribution is 0.0951. The molecule has 2 rings (SSSR count). The van der Waals surface area contributed by atoms with Crippen molar-refractivity contribution in [1.29, 1.82) is 0 Å². The Labute approximate surface area is 124 Å². The summed E-state index contributed by atoms with van der Waals surface area (Å²) in [7, 11) is 0. The molecule has 0 bridgehead atoms. The summed E-state index contributed by atoms with van der Waals surface area (Å²) in [6.07, 6.45) is 0. The molecule has 0 aliphatic heterocycles. The molecule has 3 nitrogen and oxygen atoms in total. The van der Waals surface area contributed by atoms with Gasteiger partial charge in [-0.25, -0.2) is 9.82 Å². The van der Waals surface area contributed by atoms with E-state index in [-0.39, 0.29) is 5.56 Å². The summed E-state index contributed by atoms with van der Waals surface area (Å²) in [6.45, 7) is 1.77. The molecule has 0 fully saturated rings. The molecule has 2 aromatic rings. The zero-order chi connectivity index (χ0) is 14.5. The van der Waals surface area contributed by atoms with E-state index in [1.807, 2.05) is 24.3 Å². The summed E-state index contributed by atoms with van der Waals surface area (Å²) in [5.74, 6) is -1.14. The number of hydrazone groups is 1. The van der Waals surface area contributed by atoms with Crippen LogP contribution in [0.5, 0.6) is 0 Å². The molecular weight excluding hydrogens is 323 g/mol. The average Bonchev–Trinajstić information content (AvgIpc) is 2.45. The van der Waals surface area contributed by atoms with Crippen molar-refractivity contribution in [2.45, 2.75) is 6.92 Å². The number of benzene rings is 2. The number of carbonyl (C=O) groups excluding carboxylic acids is 1. The lowest BCUT2D eigenvalue weighted by atomic mass is 10.1. The molecule has 0 aliphatic carbocycles. The van der Waals surface area contributed by atoms with Crippen LogP contribution in [-0.4, -0.2) is 11.6 Å². The third kappa shape index (κ3) is 3.51. The van der Waals surface area contributed by atoms with Gasteiger partial charge in [0.2, 0.25) is 0 Å². The third-order valence-electron chi connectivity index (χ3n) is 2.71. The molecule has 0 saturated carbocycles. The summed E-state index contributed by atoms with van der Waals surface area (Å²) >= 11 is 3.34. The van der Waals surface area contributed by atoms with E-state index >= 15 is 0 Å². The SMILES string of the molecule is C/C(=N/NC(=O)c1ccccc1F)c1ccc(Br)cc1. The second kappa shape index (κ2) is 6.43. The predicted octanol–water partition coefficient (Wildman–Crippen LogP) is 3.74. The van der Waals surface area contributed by atoms with Crippen molar-refractivity contribution in [3.8, 4) is 0 Å². The molecule has 1 N–H and O–H groups in total. The second-order valence-corrected chi connectivity index (χ2v) is 5.04. The maximum Gasteiger partial charge on any atom is 0.274 e. The molecule has 20 heavy (non-hydrogen) atoms. The Bertz CT molecular complexity index is 653. The van der Waals surface area contributed by atoms with Crippen LogP contribution in [0.2, 0.25) is 0 Å². The van der Waals surface area contributed by atoms with E-state index in [0.717, 1.165) is 10.0 Å². The highest BCUT2D eigenvalue weighted by Crippen LogP contribution is 2.11. The highest BCUT2D eigenvalue weighted by Gasteiger charge is 2.09. The van der Waals surface area contributed by atoms with Gasteiger partial charge < -0.3 is 0 Å². The van der Waals surface area contributed by atoms with Gasteiger partial charge in [0.05, 0.1) is 11.3 Å². The molecule has 0 radical (unpaired) electrons. The second-order valence-electron chi connectivity index (χ2n) is 4.12. The zero-order valence-electron chi connectivity index (χ0n) is 10.7. The van der Waals surface area contributed by atoms with Crippen molar-refractivity contribution in [3.05, 3.63) is 69.9 Å². The van der Waals surface area contributed by atoms with E-state index in [9.17, 15) is 9.18 Å². The predicted molar refractivity (Wildman–Crippen MR) is 80.2 cm³/mol. The monoisotopic (exact) mass is 334 g/mol. The molecule has 0 spiro atoms. The van der Waals surface area contributed by atoms with Gasteiger partial charge in [-0.15, -0.1) is 0 Å². The Morgan fingerprint density at radius 2 is 1.80 bits per heavy atom. The van der Waals surface area contributed by atoms with Crippen molar-refractivity contribution in [1.82, 2.24) is 5.43 Å². The highest BCUT2D eigenvalue weighted by atomic mass is 79.9. The molecule has 2 aromatic carbocycles. The first-order chi connectivity index (χ1) is 9.58. The first-order valence-electron chi connectivity index (χ1n) is 5.93. The van der Waals surface area contributed by atoms with Crippen LogP contribution in [0.4, 0.5) is 4.39 Å². The molecule has 0 saturated heterocycles. The van der Waals surface area contributed by atoms with E-state index in [1.54, 1.807) is 13.0 Å². The lowest BCUT2D eigenvalue weighted by Gasteiger charge is -2.04. The van der Waals surface area contributed by atoms with E-state index < -0.39 is 11.7 Å². The standard InChI is InChI=1S/C15H12BrFN2O/c1-10(11-6-8-12(16)9-7-11)18-19-15(20)13-4-2-3-5-14(13)17/h2-9H,1H3,(H,19,20)/b18-10-. The van der Waals surface area contributed by atoms with Gasteiger partial charge in [-0.2, -0.15) is 5.10 Å². The van der Waals surface area contributed by atoms with Crippen LogP contribution in [0.3, 0.4) is 0 Å². The Hall–Kier alpha value is -2.01. The van der Waals surface area contributed by atoms with Crippen molar-refractivity contribution in [2.24, 2.45) is 5.10 Å². The molecule has 0 aliphatic rings. The van der Waals surface area contributed by atoms with Crippen LogP contribution in [0, 0.1) is 5.82 Å². The van der Waals surface area contributed by atoms with E-state index in [1.165, 1.54) is 18.2 Å². The van der Waals surface area contributed by atoms with Crippen molar-refractivity contribution in [2.75, 3.05) is 0 Å². The molecular formula is C15H12BrFN2O. The average molecular weight is 335 g/mol. The van der Waals surface area contributed by atoms with Gasteiger partial charge in [-0.1, -0.05) is 40.2 Å². The number of halogens is 2. The van der Waals surface area contributed by atoms with E-state index in [4.69, 9.17) is 0 Å². The number of nitrogens with zero attached hydrogens (tertiary/aromatic N) is 1. The topological polar surface area (TPSA) is 41.5 Å². The molecule has 0 heterocycles. The number of hydrogen-bond donors (Lipinski definition) is 1. The summed E-state index contributed by atoms with van der Waals surface area (Å²) in [5.41, 5.74) is 3.84. The van der Waals surface area contributed by atoms with Gasteiger partial charge in [0.25, 0.3) is 5.91 Å². The minimum Gasteiger partial charge on any atom is -0.267 e. The molecule has 102 valence electrons. The Kier molecular flexibility index (Phi) is 4.63. The van der Waals surface area contributed by atoms with Crippen molar-refractivity contribution in [3.63, 3.8) is 0 Å². The van der Waals surface area contributed by atoms with Crippen LogP contribution in [0.1, 0.15) is 22.8 Å². The summed E-state index contributed by atoms with van der Waals surface area (Å²) in [4.78, 5) is 11.8. The number of amides is 1. The number of nitrogens with one attached hydrogen (secondary N) is 1. The van der Waals surface area contributed by atoms with Crippen molar-refractivity contribution < 1.29 is 9.18 Å². The fraction of sp³-hybridized carbons (Fsp3) is 0.0667. The van der Waals surface area contributed by atoms with Gasteiger partial charge in [0.15, 0.2) is 0 Å². The van der Waals surface area contributed by atoms with Gasteiger partial charge in [-0.05, 0) is 36.8 Å². The lowest BCUT2D eigenvalue weighted by Crippen LogP contribution is -2.20. The first kappa shape index (κ1) is 14.4. The van der Waals surface area contributed by atoms with E-state index in [0.29, 0.717) is 5.71 Å². The minimum absolute atomic E-state index is 0.0279. The third-order valence-corrected chi connectivity index (χ3v) is 3.23. The minimum atomic E-state index is -0.570. The fourth-order valence-electron chi connectivity index (χ4n) is 1.60. The Balaban J connectivity index is 2.11. The molecule has 0 aromatic heterocycles. The smallest absolute Gasteiger partial charge is 0.267 e.